The Balaban J connectivity index is 1.92. The maximum Gasteiger partial charge on any atom is 0.433 e. The van der Waals surface area contributed by atoms with Crippen LogP contribution in [-0.2, 0) is 26.9 Å². The van der Waals surface area contributed by atoms with Crippen molar-refractivity contribution in [1.82, 2.24) is 10.3 Å². The minimum absolute atomic E-state index is 0.0627. The van der Waals surface area contributed by atoms with E-state index in [-0.39, 0.29) is 31.2 Å². The van der Waals surface area contributed by atoms with Crippen LogP contribution in [0.15, 0.2) is 42.6 Å². The monoisotopic (exact) mass is 381 g/mol. The number of benzene rings is 1. The molecule has 0 unspecified atom stereocenters. The molecule has 1 heterocycles. The van der Waals surface area contributed by atoms with E-state index in [1.54, 1.807) is 31.2 Å². The summed E-state index contributed by atoms with van der Waals surface area (Å²) in [6, 6.07) is 8.95. The molecule has 144 valence electrons. The van der Waals surface area contributed by atoms with E-state index in [0.717, 1.165) is 12.3 Å². The third-order valence-electron chi connectivity index (χ3n) is 3.39. The smallest absolute Gasteiger partial charge is 0.433 e. The highest BCUT2D eigenvalue weighted by atomic mass is 19.4. The van der Waals surface area contributed by atoms with Crippen LogP contribution in [0.3, 0.4) is 0 Å². The topological polar surface area (TPSA) is 80.3 Å². The van der Waals surface area contributed by atoms with E-state index in [1.165, 1.54) is 6.07 Å². The van der Waals surface area contributed by atoms with Crippen molar-refractivity contribution in [1.29, 1.82) is 0 Å². The van der Waals surface area contributed by atoms with Crippen molar-refractivity contribution in [3.8, 4) is 0 Å². The molecule has 0 aliphatic rings. The van der Waals surface area contributed by atoms with E-state index in [2.05, 4.69) is 15.6 Å². The van der Waals surface area contributed by atoms with Crippen LogP contribution >= 0.6 is 0 Å². The number of hydrogen-bond acceptors (Lipinski definition) is 5. The van der Waals surface area contributed by atoms with Crippen molar-refractivity contribution >= 4 is 23.3 Å². The summed E-state index contributed by atoms with van der Waals surface area (Å²) in [4.78, 5) is 26.3. The van der Waals surface area contributed by atoms with Crippen molar-refractivity contribution in [2.45, 2.75) is 19.5 Å². The summed E-state index contributed by atoms with van der Waals surface area (Å²) in [7, 11) is 0. The second-order valence-electron chi connectivity index (χ2n) is 5.51. The van der Waals surface area contributed by atoms with Gasteiger partial charge in [-0.25, -0.2) is 0 Å². The van der Waals surface area contributed by atoms with Gasteiger partial charge < -0.3 is 15.4 Å². The molecule has 0 aliphatic carbocycles. The molecule has 0 atom stereocenters. The summed E-state index contributed by atoms with van der Waals surface area (Å²) in [5, 5.41) is 5.30. The molecule has 0 saturated heterocycles. The van der Waals surface area contributed by atoms with Gasteiger partial charge in [-0.2, -0.15) is 13.2 Å². The van der Waals surface area contributed by atoms with Gasteiger partial charge in [-0.1, -0.05) is 12.1 Å². The summed E-state index contributed by atoms with van der Waals surface area (Å²) in [5.41, 5.74) is 0.511. The lowest BCUT2D eigenvalue weighted by molar-refractivity contribution is -0.143. The fourth-order valence-corrected chi connectivity index (χ4v) is 2.17. The maximum absolute atomic E-state index is 12.7. The number of alkyl halides is 3. The number of rotatable bonds is 7. The van der Waals surface area contributed by atoms with Gasteiger partial charge >= 0.3 is 12.1 Å². The van der Waals surface area contributed by atoms with E-state index in [9.17, 15) is 22.8 Å². The highest BCUT2D eigenvalue weighted by Crippen LogP contribution is 2.29. The number of pyridine rings is 1. The lowest BCUT2D eigenvalue weighted by atomic mass is 10.1. The predicted octanol–water partition coefficient (Wildman–Crippen LogP) is 3.07. The fraction of sp³-hybridized carbons (Fsp3) is 0.278. The molecule has 0 aliphatic heterocycles. The number of amides is 1. The Hall–Kier alpha value is -3.10. The first kappa shape index (κ1) is 20.2. The maximum atomic E-state index is 12.7. The van der Waals surface area contributed by atoms with Crippen LogP contribution < -0.4 is 10.6 Å². The average Bonchev–Trinajstić information content (AvgIpc) is 2.61. The third-order valence-corrected chi connectivity index (χ3v) is 3.39. The largest absolute Gasteiger partial charge is 0.465 e. The van der Waals surface area contributed by atoms with E-state index in [4.69, 9.17) is 4.74 Å². The summed E-state index contributed by atoms with van der Waals surface area (Å²) in [6.45, 7) is 1.71. The molecule has 27 heavy (non-hydrogen) atoms. The number of anilines is 2. The van der Waals surface area contributed by atoms with Gasteiger partial charge in [0.25, 0.3) is 0 Å². The minimum atomic E-state index is -4.52. The zero-order chi connectivity index (χ0) is 19.9. The number of hydrogen-bond donors (Lipinski definition) is 2. The molecule has 0 radical (unpaired) electrons. The second-order valence-corrected chi connectivity index (χ2v) is 5.51. The number of ether oxygens (including phenoxy) is 1. The molecular formula is C18H18F3N3O3. The molecule has 1 aromatic carbocycles. The molecule has 0 saturated carbocycles. The number of carbonyl (C=O) groups excluding carboxylic acids is 2. The van der Waals surface area contributed by atoms with Gasteiger partial charge in [0, 0.05) is 17.6 Å². The van der Waals surface area contributed by atoms with Gasteiger partial charge in [0.2, 0.25) is 5.91 Å². The first-order chi connectivity index (χ1) is 12.8. The number of halogens is 3. The van der Waals surface area contributed by atoms with Gasteiger partial charge in [-0.15, -0.1) is 0 Å². The number of carbonyl (C=O) groups is 2. The molecule has 9 heteroatoms. The normalized spacial score (nSPS) is 11.0. The molecule has 6 nitrogen and oxygen atoms in total. The van der Waals surface area contributed by atoms with Crippen LogP contribution in [0.5, 0.6) is 0 Å². The number of aromatic nitrogens is 1. The molecule has 2 aromatic rings. The zero-order valence-corrected chi connectivity index (χ0v) is 14.5. The van der Waals surface area contributed by atoms with Gasteiger partial charge in [0.1, 0.15) is 12.2 Å². The lowest BCUT2D eigenvalue weighted by Gasteiger charge is -2.10. The van der Waals surface area contributed by atoms with Crippen LogP contribution in [0.1, 0.15) is 18.2 Å². The van der Waals surface area contributed by atoms with Crippen LogP contribution in [0, 0.1) is 0 Å². The molecule has 0 fully saturated rings. The third kappa shape index (κ3) is 6.61. The summed E-state index contributed by atoms with van der Waals surface area (Å²) >= 11 is 0. The predicted molar refractivity (Wildman–Crippen MR) is 92.3 cm³/mol. The molecule has 2 N–H and O–H groups in total. The Morgan fingerprint density at radius 1 is 1.11 bits per heavy atom. The molecular weight excluding hydrogens is 363 g/mol. The van der Waals surface area contributed by atoms with Crippen LogP contribution in [-0.4, -0.2) is 30.0 Å². The zero-order valence-electron chi connectivity index (χ0n) is 14.5. The summed E-state index contributed by atoms with van der Waals surface area (Å²) < 4.78 is 42.7. The second kappa shape index (κ2) is 9.02. The quantitative estimate of drug-likeness (QED) is 0.721. The fourth-order valence-electron chi connectivity index (χ4n) is 2.17. The van der Waals surface area contributed by atoms with Crippen molar-refractivity contribution < 1.29 is 27.5 Å². The summed E-state index contributed by atoms with van der Waals surface area (Å²) in [6.07, 6.45) is -3.38. The number of nitrogens with one attached hydrogen (secondary N) is 2. The van der Waals surface area contributed by atoms with E-state index in [1.807, 2.05) is 0 Å². The highest BCUT2D eigenvalue weighted by Gasteiger charge is 2.32. The van der Waals surface area contributed by atoms with Crippen LogP contribution in [0.25, 0.3) is 0 Å². The minimum Gasteiger partial charge on any atom is -0.465 e. The van der Waals surface area contributed by atoms with Crippen molar-refractivity contribution in [2.75, 3.05) is 18.5 Å². The Labute approximate surface area is 153 Å². The molecule has 2 rings (SSSR count). The lowest BCUT2D eigenvalue weighted by Crippen LogP contribution is -2.31. The van der Waals surface area contributed by atoms with Gasteiger partial charge in [0.05, 0.1) is 13.0 Å². The molecule has 1 amide bonds. The van der Waals surface area contributed by atoms with Gasteiger partial charge in [-0.05, 0) is 36.8 Å². The molecule has 0 spiro atoms. The SMILES string of the molecule is CCOC(=O)CNC(=O)Cc1ccc(Nc2ccnc(C(F)(F)F)c2)cc1. The first-order valence-corrected chi connectivity index (χ1v) is 8.09. The summed E-state index contributed by atoms with van der Waals surface area (Å²) in [5.74, 6) is -0.853. The average molecular weight is 381 g/mol. The Morgan fingerprint density at radius 3 is 2.44 bits per heavy atom. The Morgan fingerprint density at radius 2 is 1.81 bits per heavy atom. The standard InChI is InChI=1S/C18H18F3N3O3/c1-2-27-17(26)11-23-16(25)9-12-3-5-13(6-4-12)24-14-7-8-22-15(10-14)18(19,20)21/h3-8,10H,2,9,11H2,1H3,(H,22,24)(H,23,25). The molecule has 1 aromatic heterocycles. The van der Waals surface area contributed by atoms with Crippen LogP contribution in [0.2, 0.25) is 0 Å². The first-order valence-electron chi connectivity index (χ1n) is 8.09. The van der Waals surface area contributed by atoms with Crippen molar-refractivity contribution in [2.24, 2.45) is 0 Å². The van der Waals surface area contributed by atoms with Crippen molar-refractivity contribution in [3.05, 3.63) is 53.9 Å². The Kier molecular flexibility index (Phi) is 6.75. The van der Waals surface area contributed by atoms with E-state index < -0.39 is 17.8 Å². The Bertz CT molecular complexity index is 792. The van der Waals surface area contributed by atoms with Gasteiger partial charge in [-0.3, -0.25) is 14.6 Å². The number of nitrogens with zero attached hydrogens (tertiary/aromatic N) is 1. The van der Waals surface area contributed by atoms with Crippen molar-refractivity contribution in [3.63, 3.8) is 0 Å². The van der Waals surface area contributed by atoms with E-state index >= 15 is 0 Å². The highest BCUT2D eigenvalue weighted by molar-refractivity contribution is 5.83. The number of esters is 1. The van der Waals surface area contributed by atoms with Gasteiger partial charge in [0.15, 0.2) is 0 Å². The molecule has 0 bridgehead atoms. The van der Waals surface area contributed by atoms with E-state index in [0.29, 0.717) is 11.3 Å². The van der Waals surface area contributed by atoms with Crippen LogP contribution in [0.4, 0.5) is 24.5 Å².